The average Bonchev–Trinajstić information content (AvgIpc) is 2.68. The molecule has 0 heterocycles. The third kappa shape index (κ3) is 8.47. The maximum Gasteiger partial charge on any atom is 0.343 e. The van der Waals surface area contributed by atoms with Gasteiger partial charge in [-0.3, -0.25) is 9.59 Å². The maximum atomic E-state index is 12.3. The van der Waals surface area contributed by atoms with Crippen molar-refractivity contribution in [2.75, 3.05) is 0 Å². The van der Waals surface area contributed by atoms with Crippen LogP contribution < -0.4 is 21.5 Å². The molecule has 2 aromatic rings. The lowest BCUT2D eigenvalue weighted by Gasteiger charge is -2.19. The van der Waals surface area contributed by atoms with E-state index in [1.165, 1.54) is 0 Å². The average molecular weight is 441 g/mol. The van der Waals surface area contributed by atoms with Gasteiger partial charge in [0.15, 0.2) is 5.96 Å². The Bertz CT molecular complexity index is 965. The van der Waals surface area contributed by atoms with E-state index in [9.17, 15) is 14.4 Å². The molecule has 9 heteroatoms. The van der Waals surface area contributed by atoms with Gasteiger partial charge in [-0.05, 0) is 54.3 Å². The molecule has 0 fully saturated rings. The van der Waals surface area contributed by atoms with Crippen LogP contribution in [0.1, 0.15) is 42.6 Å². The zero-order valence-electron chi connectivity index (χ0n) is 18.1. The normalized spacial score (nSPS) is 11.5. The highest BCUT2D eigenvalue weighted by Gasteiger charge is 2.17. The molecule has 0 aliphatic heterocycles. The second-order valence-electron chi connectivity index (χ2n) is 7.79. The van der Waals surface area contributed by atoms with Crippen molar-refractivity contribution in [2.45, 2.75) is 39.2 Å². The summed E-state index contributed by atoms with van der Waals surface area (Å²) in [6, 6.07) is 12.4. The van der Waals surface area contributed by atoms with Crippen LogP contribution in [-0.2, 0) is 16.0 Å². The smallest absolute Gasteiger partial charge is 0.343 e. The highest BCUT2D eigenvalue weighted by molar-refractivity contribution is 5.91. The minimum absolute atomic E-state index is 0.0774. The summed E-state index contributed by atoms with van der Waals surface area (Å²) in [6.07, 6.45) is 0.556. The number of amides is 1. The predicted octanol–water partition coefficient (Wildman–Crippen LogP) is 2.36. The summed E-state index contributed by atoms with van der Waals surface area (Å²) in [5, 5.41) is 11.8. The number of nitrogens with two attached hydrogens (primary N) is 2. The number of carbonyl (C=O) groups excluding carboxylic acids is 2. The van der Waals surface area contributed by atoms with E-state index in [1.54, 1.807) is 48.5 Å². The van der Waals surface area contributed by atoms with Crippen LogP contribution in [0.3, 0.4) is 0 Å². The maximum absolute atomic E-state index is 12.3. The predicted molar refractivity (Wildman–Crippen MR) is 121 cm³/mol. The van der Waals surface area contributed by atoms with E-state index in [1.807, 2.05) is 13.8 Å². The van der Waals surface area contributed by atoms with Gasteiger partial charge in [-0.2, -0.15) is 0 Å². The number of carboxylic acids is 1. The molecule has 0 bridgehead atoms. The summed E-state index contributed by atoms with van der Waals surface area (Å²) in [5.74, 6) is -1.24. The molecule has 0 saturated carbocycles. The number of carboxylic acid groups (broad SMARTS) is 1. The zero-order chi connectivity index (χ0) is 23.7. The number of ether oxygens (including phenoxy) is 1. The third-order valence-corrected chi connectivity index (χ3v) is 4.40. The molecule has 0 aliphatic rings. The minimum atomic E-state index is -0.951. The van der Waals surface area contributed by atoms with Crippen molar-refractivity contribution in [2.24, 2.45) is 22.4 Å². The standard InChI is InChI=1S/C23H28N4O5/c1-14(2)11-18(13-21(29)30)26-20(28)12-15-3-9-19(10-4-15)32-22(31)16-5-7-17(8-6-16)27-23(24)25/h3-10,14,18H,11-13H2,1-2H3,(H,26,28)(H,29,30)(H4,24,25,27)/t18-/m0/s1. The van der Waals surface area contributed by atoms with Crippen LogP contribution in [-0.4, -0.2) is 35.0 Å². The largest absolute Gasteiger partial charge is 0.481 e. The van der Waals surface area contributed by atoms with Crippen molar-refractivity contribution in [1.82, 2.24) is 5.32 Å². The Morgan fingerprint density at radius 1 is 1.03 bits per heavy atom. The molecule has 6 N–H and O–H groups in total. The van der Waals surface area contributed by atoms with E-state index in [0.717, 1.165) is 0 Å². The topological polar surface area (TPSA) is 157 Å². The van der Waals surface area contributed by atoms with Crippen LogP contribution in [0, 0.1) is 5.92 Å². The molecular weight excluding hydrogens is 412 g/mol. The number of hydrogen-bond donors (Lipinski definition) is 4. The molecule has 32 heavy (non-hydrogen) atoms. The van der Waals surface area contributed by atoms with Crippen molar-refractivity contribution in [1.29, 1.82) is 0 Å². The second-order valence-corrected chi connectivity index (χ2v) is 7.79. The Kier molecular flexibility index (Phi) is 8.76. The molecular formula is C23H28N4O5. The number of aliphatic carboxylic acids is 1. The monoisotopic (exact) mass is 440 g/mol. The number of nitrogens with zero attached hydrogens (tertiary/aromatic N) is 1. The van der Waals surface area contributed by atoms with Gasteiger partial charge in [-0.1, -0.05) is 26.0 Å². The van der Waals surface area contributed by atoms with Gasteiger partial charge in [0.05, 0.1) is 24.1 Å². The number of rotatable bonds is 10. The number of benzene rings is 2. The number of esters is 1. The van der Waals surface area contributed by atoms with E-state index in [2.05, 4.69) is 10.3 Å². The van der Waals surface area contributed by atoms with Crippen LogP contribution >= 0.6 is 0 Å². The molecule has 1 atom stereocenters. The zero-order valence-corrected chi connectivity index (χ0v) is 18.1. The first-order chi connectivity index (χ1) is 15.1. The molecule has 9 nitrogen and oxygen atoms in total. The van der Waals surface area contributed by atoms with Crippen molar-refractivity contribution < 1.29 is 24.2 Å². The summed E-state index contributed by atoms with van der Waals surface area (Å²) >= 11 is 0. The Balaban J connectivity index is 1.93. The SMILES string of the molecule is CC(C)C[C@@H](CC(=O)O)NC(=O)Cc1ccc(OC(=O)c2ccc(N=C(N)N)cc2)cc1. The highest BCUT2D eigenvalue weighted by atomic mass is 16.5. The van der Waals surface area contributed by atoms with Gasteiger partial charge in [0, 0.05) is 6.04 Å². The number of guanidine groups is 1. The van der Waals surface area contributed by atoms with Gasteiger partial charge in [0.1, 0.15) is 5.75 Å². The summed E-state index contributed by atoms with van der Waals surface area (Å²) in [4.78, 5) is 39.5. The van der Waals surface area contributed by atoms with Gasteiger partial charge < -0.3 is 26.6 Å². The van der Waals surface area contributed by atoms with Gasteiger partial charge in [0.2, 0.25) is 5.91 Å². The molecule has 0 spiro atoms. The fourth-order valence-electron chi connectivity index (χ4n) is 3.10. The quantitative estimate of drug-likeness (QED) is 0.191. The molecule has 0 saturated heterocycles. The summed E-state index contributed by atoms with van der Waals surface area (Å²) in [5.41, 5.74) is 12.2. The highest BCUT2D eigenvalue weighted by Crippen LogP contribution is 2.17. The van der Waals surface area contributed by atoms with Crippen LogP contribution in [0.15, 0.2) is 53.5 Å². The molecule has 1 amide bonds. The molecule has 170 valence electrons. The Hall–Kier alpha value is -3.88. The van der Waals surface area contributed by atoms with Gasteiger partial charge in [-0.15, -0.1) is 0 Å². The number of nitrogens with one attached hydrogen (secondary N) is 1. The first-order valence-electron chi connectivity index (χ1n) is 10.1. The van der Waals surface area contributed by atoms with Crippen LogP contribution in [0.4, 0.5) is 5.69 Å². The first-order valence-corrected chi connectivity index (χ1v) is 10.1. The number of carbonyl (C=O) groups is 3. The van der Waals surface area contributed by atoms with E-state index in [-0.39, 0.29) is 30.6 Å². The molecule has 2 aromatic carbocycles. The van der Waals surface area contributed by atoms with E-state index in [0.29, 0.717) is 29.0 Å². The van der Waals surface area contributed by atoms with Crippen molar-refractivity contribution >= 4 is 29.5 Å². The Morgan fingerprint density at radius 2 is 1.66 bits per heavy atom. The van der Waals surface area contributed by atoms with E-state index >= 15 is 0 Å². The van der Waals surface area contributed by atoms with Crippen LogP contribution in [0.2, 0.25) is 0 Å². The van der Waals surface area contributed by atoms with Gasteiger partial charge in [0.25, 0.3) is 0 Å². The summed E-state index contributed by atoms with van der Waals surface area (Å²) < 4.78 is 5.34. The van der Waals surface area contributed by atoms with Crippen LogP contribution in [0.25, 0.3) is 0 Å². The lowest BCUT2D eigenvalue weighted by molar-refractivity contribution is -0.137. The molecule has 0 unspecified atom stereocenters. The summed E-state index contributed by atoms with van der Waals surface area (Å²) in [7, 11) is 0. The van der Waals surface area contributed by atoms with E-state index in [4.69, 9.17) is 21.3 Å². The van der Waals surface area contributed by atoms with E-state index < -0.39 is 18.0 Å². The second kappa shape index (κ2) is 11.5. The lowest BCUT2D eigenvalue weighted by atomic mass is 10.0. The minimum Gasteiger partial charge on any atom is -0.481 e. The first kappa shape index (κ1) is 24.4. The molecule has 0 aromatic heterocycles. The van der Waals surface area contributed by atoms with Crippen molar-refractivity contribution in [3.8, 4) is 5.75 Å². The number of hydrogen-bond acceptors (Lipinski definition) is 5. The van der Waals surface area contributed by atoms with Gasteiger partial charge in [-0.25, -0.2) is 9.79 Å². The van der Waals surface area contributed by atoms with Gasteiger partial charge >= 0.3 is 11.9 Å². The van der Waals surface area contributed by atoms with Crippen molar-refractivity contribution in [3.05, 3.63) is 59.7 Å². The fraction of sp³-hybridized carbons (Fsp3) is 0.304. The molecule has 0 radical (unpaired) electrons. The summed E-state index contributed by atoms with van der Waals surface area (Å²) in [6.45, 7) is 3.94. The van der Waals surface area contributed by atoms with Crippen LogP contribution in [0.5, 0.6) is 5.75 Å². The van der Waals surface area contributed by atoms with Crippen molar-refractivity contribution in [3.63, 3.8) is 0 Å². The fourth-order valence-corrected chi connectivity index (χ4v) is 3.10. The third-order valence-electron chi connectivity index (χ3n) is 4.40. The Morgan fingerprint density at radius 3 is 2.19 bits per heavy atom. The Labute approximate surface area is 186 Å². The number of aliphatic imine (C=N–C) groups is 1. The molecule has 0 aliphatic carbocycles. The lowest BCUT2D eigenvalue weighted by Crippen LogP contribution is -2.38. The molecule has 2 rings (SSSR count).